The second-order valence-electron chi connectivity index (χ2n) is 6.28. The lowest BCUT2D eigenvalue weighted by Gasteiger charge is -2.29. The Hall–Kier alpha value is -2.24. The van der Waals surface area contributed by atoms with Crippen molar-refractivity contribution < 1.29 is 13.9 Å². The molecule has 2 N–H and O–H groups in total. The second kappa shape index (κ2) is 6.71. The highest BCUT2D eigenvalue weighted by molar-refractivity contribution is 5.75. The highest BCUT2D eigenvalue weighted by atomic mass is 19.1. The van der Waals surface area contributed by atoms with Crippen molar-refractivity contribution in [2.24, 2.45) is 11.7 Å². The van der Waals surface area contributed by atoms with E-state index < -0.39 is 11.5 Å². The minimum atomic E-state index is -0.893. The van der Waals surface area contributed by atoms with E-state index in [4.69, 9.17) is 10.5 Å². The summed E-state index contributed by atoms with van der Waals surface area (Å²) in [5.74, 6) is -1.15. The molecular formula is C19H21FN2O2. The summed E-state index contributed by atoms with van der Waals surface area (Å²) < 4.78 is 18.2. The van der Waals surface area contributed by atoms with Crippen molar-refractivity contribution >= 4 is 5.97 Å². The Bertz CT molecular complexity index is 705. The van der Waals surface area contributed by atoms with E-state index in [2.05, 4.69) is 4.90 Å². The summed E-state index contributed by atoms with van der Waals surface area (Å²) in [7, 11) is 1.37. The topological polar surface area (TPSA) is 55.6 Å². The van der Waals surface area contributed by atoms with Crippen LogP contribution in [0.1, 0.15) is 11.1 Å². The number of carbonyl (C=O) groups is 1. The SMILES string of the molecule is COC(=O)C1CN(Cc2ccccc2)CC1(N)c1ccc(F)cc1. The number of halogens is 1. The smallest absolute Gasteiger partial charge is 0.312 e. The summed E-state index contributed by atoms with van der Waals surface area (Å²) in [6.07, 6.45) is 0. The Kier molecular flexibility index (Phi) is 4.64. The molecule has 2 atom stereocenters. The summed E-state index contributed by atoms with van der Waals surface area (Å²) in [4.78, 5) is 14.4. The van der Waals surface area contributed by atoms with E-state index in [-0.39, 0.29) is 11.8 Å². The van der Waals surface area contributed by atoms with Crippen molar-refractivity contribution in [3.63, 3.8) is 0 Å². The molecule has 126 valence electrons. The molecule has 1 aliphatic heterocycles. The van der Waals surface area contributed by atoms with Gasteiger partial charge in [0, 0.05) is 19.6 Å². The average Bonchev–Trinajstić information content (AvgIpc) is 2.93. The predicted molar refractivity (Wildman–Crippen MR) is 89.5 cm³/mol. The van der Waals surface area contributed by atoms with Crippen LogP contribution in [-0.4, -0.2) is 31.1 Å². The molecule has 0 aromatic heterocycles. The van der Waals surface area contributed by atoms with Crippen LogP contribution in [0.2, 0.25) is 0 Å². The van der Waals surface area contributed by atoms with E-state index in [9.17, 15) is 9.18 Å². The molecule has 1 fully saturated rings. The van der Waals surface area contributed by atoms with Gasteiger partial charge in [0.25, 0.3) is 0 Å². The van der Waals surface area contributed by atoms with Crippen LogP contribution >= 0.6 is 0 Å². The van der Waals surface area contributed by atoms with Gasteiger partial charge in [0.2, 0.25) is 0 Å². The molecule has 1 saturated heterocycles. The van der Waals surface area contributed by atoms with Crippen LogP contribution in [0.4, 0.5) is 4.39 Å². The summed E-state index contributed by atoms with van der Waals surface area (Å²) in [6.45, 7) is 1.72. The van der Waals surface area contributed by atoms with Gasteiger partial charge in [-0.05, 0) is 23.3 Å². The zero-order valence-corrected chi connectivity index (χ0v) is 13.6. The Morgan fingerprint density at radius 3 is 2.54 bits per heavy atom. The van der Waals surface area contributed by atoms with Gasteiger partial charge in [-0.2, -0.15) is 0 Å². The second-order valence-corrected chi connectivity index (χ2v) is 6.28. The number of hydrogen-bond donors (Lipinski definition) is 1. The molecule has 3 rings (SSSR count). The van der Waals surface area contributed by atoms with Gasteiger partial charge in [0.15, 0.2) is 0 Å². The molecule has 5 heteroatoms. The van der Waals surface area contributed by atoms with E-state index in [1.807, 2.05) is 30.3 Å². The van der Waals surface area contributed by atoms with Crippen molar-refractivity contribution in [1.29, 1.82) is 0 Å². The number of carbonyl (C=O) groups excluding carboxylic acids is 1. The van der Waals surface area contributed by atoms with Crippen molar-refractivity contribution in [2.75, 3.05) is 20.2 Å². The van der Waals surface area contributed by atoms with Crippen LogP contribution in [0.25, 0.3) is 0 Å². The van der Waals surface area contributed by atoms with Crippen molar-refractivity contribution in [2.45, 2.75) is 12.1 Å². The minimum absolute atomic E-state index is 0.323. The van der Waals surface area contributed by atoms with Crippen LogP contribution < -0.4 is 5.73 Å². The number of esters is 1. The Balaban J connectivity index is 1.88. The van der Waals surface area contributed by atoms with Crippen LogP contribution in [0.3, 0.4) is 0 Å². The van der Waals surface area contributed by atoms with Gasteiger partial charge in [0.05, 0.1) is 18.6 Å². The van der Waals surface area contributed by atoms with Gasteiger partial charge in [-0.1, -0.05) is 42.5 Å². The van der Waals surface area contributed by atoms with Crippen molar-refractivity contribution in [3.05, 3.63) is 71.5 Å². The lowest BCUT2D eigenvalue weighted by Crippen LogP contribution is -2.47. The molecule has 24 heavy (non-hydrogen) atoms. The lowest BCUT2D eigenvalue weighted by atomic mass is 9.81. The molecule has 0 aliphatic carbocycles. The van der Waals surface area contributed by atoms with Crippen LogP contribution in [0.15, 0.2) is 54.6 Å². The molecule has 1 aliphatic rings. The predicted octanol–water partition coefficient (Wildman–Crippen LogP) is 2.28. The largest absolute Gasteiger partial charge is 0.469 e. The highest BCUT2D eigenvalue weighted by Gasteiger charge is 2.49. The van der Waals surface area contributed by atoms with E-state index in [1.165, 1.54) is 19.2 Å². The maximum absolute atomic E-state index is 13.2. The summed E-state index contributed by atoms with van der Waals surface area (Å²) in [5.41, 5.74) is 7.64. The number of ether oxygens (including phenoxy) is 1. The number of methoxy groups -OCH3 is 1. The highest BCUT2D eigenvalue weighted by Crippen LogP contribution is 2.36. The first kappa shape index (κ1) is 16.6. The maximum Gasteiger partial charge on any atom is 0.312 e. The molecule has 2 aromatic rings. The fraction of sp³-hybridized carbons (Fsp3) is 0.316. The quantitative estimate of drug-likeness (QED) is 0.875. The Morgan fingerprint density at radius 1 is 1.25 bits per heavy atom. The molecule has 2 aromatic carbocycles. The molecule has 0 spiro atoms. The average molecular weight is 328 g/mol. The number of rotatable bonds is 4. The fourth-order valence-corrected chi connectivity index (χ4v) is 3.41. The molecule has 0 saturated carbocycles. The normalized spacial score (nSPS) is 24.0. The molecule has 2 unspecified atom stereocenters. The third-order valence-electron chi connectivity index (χ3n) is 4.66. The van der Waals surface area contributed by atoms with Gasteiger partial charge in [-0.15, -0.1) is 0 Å². The number of benzene rings is 2. The van der Waals surface area contributed by atoms with E-state index >= 15 is 0 Å². The van der Waals surface area contributed by atoms with Crippen molar-refractivity contribution in [1.82, 2.24) is 4.90 Å². The summed E-state index contributed by atoms with van der Waals surface area (Å²) in [6, 6.07) is 16.1. The first-order chi connectivity index (χ1) is 11.5. The molecule has 4 nitrogen and oxygen atoms in total. The number of hydrogen-bond acceptors (Lipinski definition) is 4. The van der Waals surface area contributed by atoms with Gasteiger partial charge in [-0.25, -0.2) is 4.39 Å². The van der Waals surface area contributed by atoms with E-state index in [1.54, 1.807) is 12.1 Å². The Morgan fingerprint density at radius 2 is 1.92 bits per heavy atom. The maximum atomic E-state index is 13.2. The fourth-order valence-electron chi connectivity index (χ4n) is 3.41. The number of nitrogens with zero attached hydrogens (tertiary/aromatic N) is 1. The monoisotopic (exact) mass is 328 g/mol. The van der Waals surface area contributed by atoms with E-state index in [0.29, 0.717) is 19.6 Å². The van der Waals surface area contributed by atoms with Crippen LogP contribution in [-0.2, 0) is 21.6 Å². The standard InChI is InChI=1S/C19H21FN2O2/c1-24-18(23)17-12-22(11-14-5-3-2-4-6-14)13-19(17,21)15-7-9-16(20)10-8-15/h2-10,17H,11-13,21H2,1H3. The van der Waals surface area contributed by atoms with Gasteiger partial charge in [0.1, 0.15) is 5.82 Å². The van der Waals surface area contributed by atoms with E-state index in [0.717, 1.165) is 11.1 Å². The first-order valence-electron chi connectivity index (χ1n) is 7.92. The zero-order chi connectivity index (χ0) is 17.2. The van der Waals surface area contributed by atoms with Crippen LogP contribution in [0.5, 0.6) is 0 Å². The lowest BCUT2D eigenvalue weighted by molar-refractivity contribution is -0.146. The van der Waals surface area contributed by atoms with Crippen molar-refractivity contribution in [3.8, 4) is 0 Å². The minimum Gasteiger partial charge on any atom is -0.469 e. The van der Waals surface area contributed by atoms with Gasteiger partial charge < -0.3 is 10.5 Å². The molecule has 0 radical (unpaired) electrons. The van der Waals surface area contributed by atoms with Gasteiger partial charge in [-0.3, -0.25) is 9.69 Å². The third-order valence-corrected chi connectivity index (χ3v) is 4.66. The third kappa shape index (κ3) is 3.18. The summed E-state index contributed by atoms with van der Waals surface area (Å²) in [5, 5.41) is 0. The summed E-state index contributed by atoms with van der Waals surface area (Å²) >= 11 is 0. The van der Waals surface area contributed by atoms with Crippen LogP contribution in [0, 0.1) is 11.7 Å². The number of nitrogens with two attached hydrogens (primary N) is 1. The molecule has 1 heterocycles. The molecule has 0 bridgehead atoms. The zero-order valence-electron chi connectivity index (χ0n) is 13.6. The molecular weight excluding hydrogens is 307 g/mol. The molecule has 0 amide bonds. The number of likely N-dealkylation sites (tertiary alicyclic amines) is 1. The van der Waals surface area contributed by atoms with Gasteiger partial charge >= 0.3 is 5.97 Å². The first-order valence-corrected chi connectivity index (χ1v) is 7.92. The Labute approximate surface area is 141 Å².